The number of hydrogen-bond acceptors (Lipinski definition) is 3. The Morgan fingerprint density at radius 1 is 1.09 bits per heavy atom. The van der Waals surface area contributed by atoms with Gasteiger partial charge in [0.2, 0.25) is 0 Å². The number of halogens is 1. The molecule has 2 aromatic carbocycles. The maximum atomic E-state index is 13.4. The third kappa shape index (κ3) is 4.81. The first-order chi connectivity index (χ1) is 11.1. The van der Waals surface area contributed by atoms with Gasteiger partial charge in [-0.3, -0.25) is 20.4 Å². The van der Waals surface area contributed by atoms with Gasteiger partial charge in [-0.1, -0.05) is 31.2 Å². The first-order valence-corrected chi connectivity index (χ1v) is 7.15. The quantitative estimate of drug-likeness (QED) is 0.831. The van der Waals surface area contributed by atoms with Gasteiger partial charge in [0.15, 0.2) is 6.61 Å². The van der Waals surface area contributed by atoms with E-state index in [1.807, 2.05) is 25.1 Å². The van der Waals surface area contributed by atoms with Crippen LogP contribution in [0.15, 0.2) is 48.5 Å². The molecule has 0 saturated carbocycles. The highest BCUT2D eigenvalue weighted by Crippen LogP contribution is 2.13. The van der Waals surface area contributed by atoms with E-state index in [-0.39, 0.29) is 12.2 Å². The number of rotatable bonds is 5. The predicted octanol–water partition coefficient (Wildman–Crippen LogP) is 2.23. The zero-order valence-corrected chi connectivity index (χ0v) is 12.6. The molecule has 0 fully saturated rings. The highest BCUT2D eigenvalue weighted by Gasteiger charge is 2.11. The Hall–Kier alpha value is -2.89. The van der Waals surface area contributed by atoms with Crippen LogP contribution in [0.2, 0.25) is 0 Å². The van der Waals surface area contributed by atoms with Crippen molar-refractivity contribution in [2.24, 2.45) is 0 Å². The van der Waals surface area contributed by atoms with E-state index in [2.05, 4.69) is 10.9 Å². The number of carbonyl (C=O) groups excluding carboxylic acids is 2. The Balaban J connectivity index is 1.81. The van der Waals surface area contributed by atoms with E-state index in [0.29, 0.717) is 5.75 Å². The summed E-state index contributed by atoms with van der Waals surface area (Å²) in [5.41, 5.74) is 5.26. The average molecular weight is 316 g/mol. The predicted molar refractivity (Wildman–Crippen MR) is 83.3 cm³/mol. The van der Waals surface area contributed by atoms with Crippen LogP contribution in [-0.2, 0) is 11.2 Å². The van der Waals surface area contributed by atoms with Crippen LogP contribution in [0.3, 0.4) is 0 Å². The lowest BCUT2D eigenvalue weighted by atomic mass is 10.2. The highest BCUT2D eigenvalue weighted by atomic mass is 19.1. The van der Waals surface area contributed by atoms with Crippen molar-refractivity contribution >= 4 is 11.8 Å². The van der Waals surface area contributed by atoms with Gasteiger partial charge in [-0.05, 0) is 36.2 Å². The van der Waals surface area contributed by atoms with Crippen LogP contribution in [0, 0.1) is 5.82 Å². The molecule has 0 spiro atoms. The Morgan fingerprint density at radius 2 is 1.87 bits per heavy atom. The second-order valence-corrected chi connectivity index (χ2v) is 4.77. The van der Waals surface area contributed by atoms with E-state index in [9.17, 15) is 14.0 Å². The van der Waals surface area contributed by atoms with Crippen molar-refractivity contribution < 1.29 is 18.7 Å². The van der Waals surface area contributed by atoms with Gasteiger partial charge in [0.1, 0.15) is 11.6 Å². The maximum Gasteiger partial charge on any atom is 0.276 e. The molecule has 0 unspecified atom stereocenters. The molecule has 0 aliphatic heterocycles. The number of hydrogen-bond donors (Lipinski definition) is 2. The molecule has 6 heteroatoms. The average Bonchev–Trinajstić information content (AvgIpc) is 2.58. The van der Waals surface area contributed by atoms with E-state index in [1.54, 1.807) is 6.07 Å². The van der Waals surface area contributed by atoms with Crippen molar-refractivity contribution in [3.05, 3.63) is 65.5 Å². The smallest absolute Gasteiger partial charge is 0.276 e. The molecule has 0 aromatic heterocycles. The number of carbonyl (C=O) groups is 2. The SMILES string of the molecule is CCc1cccc(OCC(=O)NNC(=O)c2ccccc2F)c1. The minimum Gasteiger partial charge on any atom is -0.484 e. The summed E-state index contributed by atoms with van der Waals surface area (Å²) in [6.45, 7) is 1.76. The number of benzene rings is 2. The van der Waals surface area contributed by atoms with Crippen molar-refractivity contribution in [3.63, 3.8) is 0 Å². The standard InChI is InChI=1S/C17H17FN2O3/c1-2-12-6-5-7-13(10-12)23-11-16(21)19-20-17(22)14-8-3-4-9-15(14)18/h3-10H,2,11H2,1H3,(H,19,21)(H,20,22). The normalized spacial score (nSPS) is 10.0. The zero-order valence-electron chi connectivity index (χ0n) is 12.6. The van der Waals surface area contributed by atoms with Gasteiger partial charge in [-0.25, -0.2) is 4.39 Å². The van der Waals surface area contributed by atoms with E-state index in [4.69, 9.17) is 4.74 Å². The molecule has 23 heavy (non-hydrogen) atoms. The molecule has 2 N–H and O–H groups in total. The molecule has 0 atom stereocenters. The van der Waals surface area contributed by atoms with Crippen LogP contribution in [0.5, 0.6) is 5.75 Å². The van der Waals surface area contributed by atoms with Crippen molar-refractivity contribution in [1.82, 2.24) is 10.9 Å². The van der Waals surface area contributed by atoms with Gasteiger partial charge in [0.05, 0.1) is 5.56 Å². The lowest BCUT2D eigenvalue weighted by molar-refractivity contribution is -0.123. The van der Waals surface area contributed by atoms with E-state index >= 15 is 0 Å². The zero-order chi connectivity index (χ0) is 16.7. The fourth-order valence-corrected chi connectivity index (χ4v) is 1.88. The van der Waals surface area contributed by atoms with Crippen LogP contribution in [-0.4, -0.2) is 18.4 Å². The van der Waals surface area contributed by atoms with E-state index < -0.39 is 17.6 Å². The molecule has 2 rings (SSSR count). The van der Waals surface area contributed by atoms with Crippen molar-refractivity contribution in [2.45, 2.75) is 13.3 Å². The van der Waals surface area contributed by atoms with Crippen molar-refractivity contribution in [1.29, 1.82) is 0 Å². The summed E-state index contributed by atoms with van der Waals surface area (Å²) < 4.78 is 18.7. The summed E-state index contributed by atoms with van der Waals surface area (Å²) in [6.07, 6.45) is 0.863. The summed E-state index contributed by atoms with van der Waals surface area (Å²) in [5.74, 6) is -1.37. The molecule has 2 amide bonds. The van der Waals surface area contributed by atoms with Gasteiger partial charge in [0, 0.05) is 0 Å². The third-order valence-electron chi connectivity index (χ3n) is 3.11. The highest BCUT2D eigenvalue weighted by molar-refractivity contribution is 5.95. The molecule has 0 heterocycles. The van der Waals surface area contributed by atoms with Gasteiger partial charge in [-0.2, -0.15) is 0 Å². The summed E-state index contributed by atoms with van der Waals surface area (Å²) >= 11 is 0. The minimum absolute atomic E-state index is 0.149. The first-order valence-electron chi connectivity index (χ1n) is 7.15. The molecular weight excluding hydrogens is 299 g/mol. The van der Waals surface area contributed by atoms with Crippen molar-refractivity contribution in [2.75, 3.05) is 6.61 Å². The number of ether oxygens (including phenoxy) is 1. The van der Waals surface area contributed by atoms with Gasteiger partial charge >= 0.3 is 0 Å². The third-order valence-corrected chi connectivity index (χ3v) is 3.11. The maximum absolute atomic E-state index is 13.4. The van der Waals surface area contributed by atoms with Crippen LogP contribution < -0.4 is 15.6 Å². The molecule has 2 aromatic rings. The largest absolute Gasteiger partial charge is 0.484 e. The Kier molecular flexibility index (Phi) is 5.68. The number of nitrogens with one attached hydrogen (secondary N) is 2. The summed E-state index contributed by atoms with van der Waals surface area (Å²) in [7, 11) is 0. The fourth-order valence-electron chi connectivity index (χ4n) is 1.88. The van der Waals surface area contributed by atoms with Crippen LogP contribution in [0.25, 0.3) is 0 Å². The molecule has 0 bridgehead atoms. The topological polar surface area (TPSA) is 67.4 Å². The molecule has 0 aliphatic rings. The summed E-state index contributed by atoms with van der Waals surface area (Å²) in [6, 6.07) is 12.9. The molecule has 0 saturated heterocycles. The second kappa shape index (κ2) is 7.93. The fraction of sp³-hybridized carbons (Fsp3) is 0.176. The Labute approximate surface area is 133 Å². The van der Waals surface area contributed by atoms with Crippen LogP contribution in [0.1, 0.15) is 22.8 Å². The molecule has 0 radical (unpaired) electrons. The van der Waals surface area contributed by atoms with E-state index in [0.717, 1.165) is 12.0 Å². The Morgan fingerprint density at radius 3 is 2.61 bits per heavy atom. The lowest BCUT2D eigenvalue weighted by Gasteiger charge is -2.09. The molecule has 5 nitrogen and oxygen atoms in total. The van der Waals surface area contributed by atoms with Crippen molar-refractivity contribution in [3.8, 4) is 5.75 Å². The van der Waals surface area contributed by atoms with Gasteiger partial charge in [0.25, 0.3) is 11.8 Å². The summed E-state index contributed by atoms with van der Waals surface area (Å²) in [5, 5.41) is 0. The first kappa shape index (κ1) is 16.5. The van der Waals surface area contributed by atoms with E-state index in [1.165, 1.54) is 24.3 Å². The lowest BCUT2D eigenvalue weighted by Crippen LogP contribution is -2.44. The monoisotopic (exact) mass is 316 g/mol. The molecular formula is C17H17FN2O3. The molecule has 120 valence electrons. The number of hydrazine groups is 1. The number of amides is 2. The van der Waals surface area contributed by atoms with Gasteiger partial charge in [-0.15, -0.1) is 0 Å². The molecule has 0 aliphatic carbocycles. The second-order valence-electron chi connectivity index (χ2n) is 4.77. The van der Waals surface area contributed by atoms with Crippen LogP contribution >= 0.6 is 0 Å². The van der Waals surface area contributed by atoms with Gasteiger partial charge < -0.3 is 4.74 Å². The summed E-state index contributed by atoms with van der Waals surface area (Å²) in [4.78, 5) is 23.4. The number of aryl methyl sites for hydroxylation is 1. The minimum atomic E-state index is -0.732. The van der Waals surface area contributed by atoms with Crippen LogP contribution in [0.4, 0.5) is 4.39 Å². The Bertz CT molecular complexity index is 704.